The lowest BCUT2D eigenvalue weighted by atomic mass is 10.1. The van der Waals surface area contributed by atoms with Gasteiger partial charge in [0.15, 0.2) is 6.10 Å². The molecule has 0 fully saturated rings. The maximum Gasteiger partial charge on any atom is 0.414 e. The van der Waals surface area contributed by atoms with Crippen molar-refractivity contribution in [2.45, 2.75) is 25.3 Å². The standard InChI is InChI=1S/C11H12BrF3O/c1-8(11(13,14)15)16-10(7-12)9-5-3-2-4-6-9/h2-6,8,10H,7H2,1H3. The van der Waals surface area contributed by atoms with E-state index in [-0.39, 0.29) is 0 Å². The third-order valence-electron chi connectivity index (χ3n) is 2.14. The SMILES string of the molecule is CC(OC(CBr)c1ccccc1)C(F)(F)F. The van der Waals surface area contributed by atoms with Crippen LogP contribution in [0.1, 0.15) is 18.6 Å². The quantitative estimate of drug-likeness (QED) is 0.761. The highest BCUT2D eigenvalue weighted by Gasteiger charge is 2.38. The van der Waals surface area contributed by atoms with Crippen LogP contribution in [0, 0.1) is 0 Å². The van der Waals surface area contributed by atoms with Gasteiger partial charge in [-0.1, -0.05) is 46.3 Å². The first-order valence-electron chi connectivity index (χ1n) is 4.78. The molecule has 1 rings (SSSR count). The van der Waals surface area contributed by atoms with E-state index in [1.807, 2.05) is 6.07 Å². The largest absolute Gasteiger partial charge is 0.414 e. The first-order valence-corrected chi connectivity index (χ1v) is 5.90. The van der Waals surface area contributed by atoms with Crippen molar-refractivity contribution < 1.29 is 17.9 Å². The molecule has 0 saturated heterocycles. The summed E-state index contributed by atoms with van der Waals surface area (Å²) in [6.45, 7) is 1.01. The zero-order valence-corrected chi connectivity index (χ0v) is 10.3. The van der Waals surface area contributed by atoms with E-state index in [2.05, 4.69) is 15.9 Å². The average molecular weight is 297 g/mol. The molecule has 0 amide bonds. The molecule has 2 unspecified atom stereocenters. The Balaban J connectivity index is 2.70. The molecule has 2 atom stereocenters. The number of hydrogen-bond acceptors (Lipinski definition) is 1. The Kier molecular flexibility index (Phi) is 4.80. The van der Waals surface area contributed by atoms with Crippen molar-refractivity contribution >= 4 is 15.9 Å². The van der Waals surface area contributed by atoms with Gasteiger partial charge in [0.05, 0.1) is 6.10 Å². The van der Waals surface area contributed by atoms with Crippen molar-refractivity contribution in [3.8, 4) is 0 Å². The Labute approximate surface area is 101 Å². The summed E-state index contributed by atoms with van der Waals surface area (Å²) in [4.78, 5) is 0. The molecule has 1 nitrogen and oxygen atoms in total. The molecule has 90 valence electrons. The number of benzene rings is 1. The Bertz CT molecular complexity index is 313. The highest BCUT2D eigenvalue weighted by atomic mass is 79.9. The van der Waals surface area contributed by atoms with Crippen LogP contribution in [0.2, 0.25) is 0 Å². The Hall–Kier alpha value is -0.550. The Morgan fingerprint density at radius 2 is 1.81 bits per heavy atom. The van der Waals surface area contributed by atoms with E-state index < -0.39 is 18.4 Å². The number of hydrogen-bond donors (Lipinski definition) is 0. The molecule has 0 aliphatic carbocycles. The number of halogens is 4. The van der Waals surface area contributed by atoms with Crippen LogP contribution in [-0.4, -0.2) is 17.6 Å². The van der Waals surface area contributed by atoms with Gasteiger partial charge in [-0.15, -0.1) is 0 Å². The summed E-state index contributed by atoms with van der Waals surface area (Å²) in [5.41, 5.74) is 0.732. The van der Waals surface area contributed by atoms with Gasteiger partial charge in [0, 0.05) is 5.33 Å². The fourth-order valence-corrected chi connectivity index (χ4v) is 1.72. The van der Waals surface area contributed by atoms with Gasteiger partial charge in [-0.3, -0.25) is 0 Å². The molecule has 0 heterocycles. The van der Waals surface area contributed by atoms with E-state index in [1.54, 1.807) is 24.3 Å². The van der Waals surface area contributed by atoms with Crippen molar-refractivity contribution in [1.29, 1.82) is 0 Å². The Morgan fingerprint density at radius 3 is 2.25 bits per heavy atom. The highest BCUT2D eigenvalue weighted by Crippen LogP contribution is 2.29. The van der Waals surface area contributed by atoms with Gasteiger partial charge in [0.2, 0.25) is 0 Å². The summed E-state index contributed by atoms with van der Waals surface area (Å²) in [6, 6.07) is 8.84. The van der Waals surface area contributed by atoms with Gasteiger partial charge < -0.3 is 4.74 Å². The summed E-state index contributed by atoms with van der Waals surface area (Å²) in [7, 11) is 0. The molecule has 16 heavy (non-hydrogen) atoms. The molecule has 5 heteroatoms. The molecule has 0 aliphatic rings. The molecular formula is C11H12BrF3O. The van der Waals surface area contributed by atoms with Crippen LogP contribution >= 0.6 is 15.9 Å². The van der Waals surface area contributed by atoms with Gasteiger partial charge in [0.1, 0.15) is 0 Å². The van der Waals surface area contributed by atoms with Gasteiger partial charge in [-0.05, 0) is 12.5 Å². The zero-order chi connectivity index (χ0) is 12.2. The molecule has 0 spiro atoms. The van der Waals surface area contributed by atoms with Gasteiger partial charge in [-0.2, -0.15) is 13.2 Å². The predicted molar refractivity (Wildman–Crippen MR) is 59.6 cm³/mol. The van der Waals surface area contributed by atoms with Crippen molar-refractivity contribution in [1.82, 2.24) is 0 Å². The fourth-order valence-electron chi connectivity index (χ4n) is 1.20. The third kappa shape index (κ3) is 3.79. The van der Waals surface area contributed by atoms with Crippen LogP contribution in [0.4, 0.5) is 13.2 Å². The molecule has 0 N–H and O–H groups in total. The lowest BCUT2D eigenvalue weighted by Crippen LogP contribution is -2.30. The Morgan fingerprint density at radius 1 is 1.25 bits per heavy atom. The number of rotatable bonds is 4. The van der Waals surface area contributed by atoms with Gasteiger partial charge in [-0.25, -0.2) is 0 Å². The first-order chi connectivity index (χ1) is 7.45. The fraction of sp³-hybridized carbons (Fsp3) is 0.455. The lowest BCUT2D eigenvalue weighted by Gasteiger charge is -2.23. The topological polar surface area (TPSA) is 9.23 Å². The van der Waals surface area contributed by atoms with E-state index in [1.165, 1.54) is 0 Å². The maximum atomic E-state index is 12.3. The smallest absolute Gasteiger partial charge is 0.360 e. The first kappa shape index (κ1) is 13.5. The van der Waals surface area contributed by atoms with Crippen molar-refractivity contribution in [2.75, 3.05) is 5.33 Å². The minimum Gasteiger partial charge on any atom is -0.360 e. The van der Waals surface area contributed by atoms with E-state index in [9.17, 15) is 13.2 Å². The van der Waals surface area contributed by atoms with Crippen LogP contribution in [0.5, 0.6) is 0 Å². The summed E-state index contributed by atoms with van der Waals surface area (Å²) in [6.07, 6.45) is -6.68. The van der Waals surface area contributed by atoms with Crippen molar-refractivity contribution in [3.05, 3.63) is 35.9 Å². The summed E-state index contributed by atoms with van der Waals surface area (Å²) in [5.74, 6) is 0. The van der Waals surface area contributed by atoms with E-state index >= 15 is 0 Å². The van der Waals surface area contributed by atoms with Gasteiger partial charge >= 0.3 is 6.18 Å². The normalized spacial score (nSPS) is 15.8. The minimum atomic E-state index is -4.32. The number of alkyl halides is 4. The van der Waals surface area contributed by atoms with E-state index in [4.69, 9.17) is 4.74 Å². The molecule has 0 saturated carbocycles. The van der Waals surface area contributed by atoms with Crippen LogP contribution in [0.15, 0.2) is 30.3 Å². The summed E-state index contributed by atoms with van der Waals surface area (Å²) < 4.78 is 41.9. The van der Waals surface area contributed by atoms with Crippen LogP contribution < -0.4 is 0 Å². The lowest BCUT2D eigenvalue weighted by molar-refractivity contribution is -0.225. The summed E-state index contributed by atoms with van der Waals surface area (Å²) in [5, 5.41) is 0.331. The molecule has 1 aromatic carbocycles. The molecule has 1 aromatic rings. The molecule has 0 bridgehead atoms. The summed E-state index contributed by atoms with van der Waals surface area (Å²) >= 11 is 3.16. The molecule has 0 aromatic heterocycles. The maximum absolute atomic E-state index is 12.3. The van der Waals surface area contributed by atoms with Crippen LogP contribution in [0.3, 0.4) is 0 Å². The van der Waals surface area contributed by atoms with Crippen LogP contribution in [-0.2, 0) is 4.74 Å². The minimum absolute atomic E-state index is 0.331. The second kappa shape index (κ2) is 5.68. The number of ether oxygens (including phenoxy) is 1. The second-order valence-electron chi connectivity index (χ2n) is 3.37. The zero-order valence-electron chi connectivity index (χ0n) is 8.67. The molecule has 0 aliphatic heterocycles. The van der Waals surface area contributed by atoms with E-state index in [0.717, 1.165) is 12.5 Å². The average Bonchev–Trinajstić information content (AvgIpc) is 2.25. The van der Waals surface area contributed by atoms with Gasteiger partial charge in [0.25, 0.3) is 0 Å². The van der Waals surface area contributed by atoms with E-state index in [0.29, 0.717) is 5.33 Å². The molecular weight excluding hydrogens is 285 g/mol. The van der Waals surface area contributed by atoms with Crippen molar-refractivity contribution in [3.63, 3.8) is 0 Å². The predicted octanol–water partition coefficient (Wildman–Crippen LogP) is 4.09. The highest BCUT2D eigenvalue weighted by molar-refractivity contribution is 9.09. The van der Waals surface area contributed by atoms with Crippen molar-refractivity contribution in [2.24, 2.45) is 0 Å². The second-order valence-corrected chi connectivity index (χ2v) is 4.02. The molecule has 0 radical (unpaired) electrons. The van der Waals surface area contributed by atoms with Crippen LogP contribution in [0.25, 0.3) is 0 Å². The third-order valence-corrected chi connectivity index (χ3v) is 2.73. The monoisotopic (exact) mass is 296 g/mol.